The zero-order valence-electron chi connectivity index (χ0n) is 13.6. The third-order valence-electron chi connectivity index (χ3n) is 3.21. The van der Waals surface area contributed by atoms with Gasteiger partial charge < -0.3 is 10.1 Å². The molecular formula is C18H15N3O3S2. The van der Waals surface area contributed by atoms with Crippen LogP contribution in [0.2, 0.25) is 0 Å². The SMILES string of the molecule is O=C(CSc1ccc(NC(=O)c2cccs2)nn1)OCc1ccccc1. The summed E-state index contributed by atoms with van der Waals surface area (Å²) in [6.45, 7) is 0.250. The maximum atomic E-state index is 11.9. The van der Waals surface area contributed by atoms with Crippen molar-refractivity contribution in [3.63, 3.8) is 0 Å². The highest BCUT2D eigenvalue weighted by molar-refractivity contribution is 7.99. The highest BCUT2D eigenvalue weighted by Crippen LogP contribution is 2.17. The van der Waals surface area contributed by atoms with Crippen LogP contribution < -0.4 is 5.32 Å². The maximum Gasteiger partial charge on any atom is 0.316 e. The molecule has 0 radical (unpaired) electrons. The van der Waals surface area contributed by atoms with E-state index in [2.05, 4.69) is 15.5 Å². The number of carbonyl (C=O) groups is 2. The molecule has 3 rings (SSSR count). The first-order chi connectivity index (χ1) is 12.7. The van der Waals surface area contributed by atoms with E-state index in [1.165, 1.54) is 23.1 Å². The number of thioether (sulfide) groups is 1. The Morgan fingerprint density at radius 1 is 1.04 bits per heavy atom. The van der Waals surface area contributed by atoms with Crippen molar-refractivity contribution >= 4 is 40.8 Å². The summed E-state index contributed by atoms with van der Waals surface area (Å²) in [6, 6.07) is 16.4. The molecule has 0 aliphatic carbocycles. The van der Waals surface area contributed by atoms with E-state index in [9.17, 15) is 9.59 Å². The number of hydrogen-bond donors (Lipinski definition) is 1. The van der Waals surface area contributed by atoms with Crippen LogP contribution in [0.25, 0.3) is 0 Å². The summed E-state index contributed by atoms with van der Waals surface area (Å²) >= 11 is 2.58. The minimum Gasteiger partial charge on any atom is -0.460 e. The lowest BCUT2D eigenvalue weighted by atomic mass is 10.2. The van der Waals surface area contributed by atoms with Gasteiger partial charge in [0.15, 0.2) is 5.82 Å². The van der Waals surface area contributed by atoms with Gasteiger partial charge in [-0.1, -0.05) is 48.2 Å². The number of nitrogens with zero attached hydrogens (tertiary/aromatic N) is 2. The van der Waals surface area contributed by atoms with Crippen LogP contribution in [0.15, 0.2) is 65.0 Å². The van der Waals surface area contributed by atoms with Crippen LogP contribution in [0.5, 0.6) is 0 Å². The van der Waals surface area contributed by atoms with Crippen molar-refractivity contribution in [3.05, 3.63) is 70.4 Å². The van der Waals surface area contributed by atoms with Gasteiger partial charge >= 0.3 is 5.97 Å². The molecule has 26 heavy (non-hydrogen) atoms. The Bertz CT molecular complexity index is 853. The molecule has 0 atom stereocenters. The van der Waals surface area contributed by atoms with E-state index < -0.39 is 0 Å². The second kappa shape index (κ2) is 9.12. The molecule has 0 saturated heterocycles. The van der Waals surface area contributed by atoms with E-state index in [4.69, 9.17) is 4.74 Å². The zero-order chi connectivity index (χ0) is 18.2. The third-order valence-corrected chi connectivity index (χ3v) is 4.97. The molecular weight excluding hydrogens is 370 g/mol. The van der Waals surface area contributed by atoms with Gasteiger partial charge in [0.2, 0.25) is 0 Å². The van der Waals surface area contributed by atoms with Gasteiger partial charge in [-0.25, -0.2) is 0 Å². The molecule has 0 bridgehead atoms. The number of thiophene rings is 1. The van der Waals surface area contributed by atoms with Crippen molar-refractivity contribution in [2.45, 2.75) is 11.6 Å². The number of ether oxygens (including phenoxy) is 1. The van der Waals surface area contributed by atoms with Crippen LogP contribution in [0, 0.1) is 0 Å². The number of esters is 1. The number of carbonyl (C=O) groups excluding carboxylic acids is 2. The molecule has 1 N–H and O–H groups in total. The summed E-state index contributed by atoms with van der Waals surface area (Å²) in [4.78, 5) is 24.3. The van der Waals surface area contributed by atoms with Crippen LogP contribution in [0.1, 0.15) is 15.2 Å². The highest BCUT2D eigenvalue weighted by Gasteiger charge is 2.09. The lowest BCUT2D eigenvalue weighted by Crippen LogP contribution is -2.12. The lowest BCUT2D eigenvalue weighted by molar-refractivity contribution is -0.141. The van der Waals surface area contributed by atoms with Gasteiger partial charge in [0.25, 0.3) is 5.91 Å². The van der Waals surface area contributed by atoms with Crippen molar-refractivity contribution in [1.82, 2.24) is 10.2 Å². The van der Waals surface area contributed by atoms with Crippen molar-refractivity contribution in [2.24, 2.45) is 0 Å². The number of benzene rings is 1. The fourth-order valence-corrected chi connectivity index (χ4v) is 3.19. The third kappa shape index (κ3) is 5.40. The molecule has 0 aliphatic rings. The van der Waals surface area contributed by atoms with Crippen molar-refractivity contribution in [2.75, 3.05) is 11.1 Å². The number of anilines is 1. The Morgan fingerprint density at radius 3 is 2.58 bits per heavy atom. The zero-order valence-corrected chi connectivity index (χ0v) is 15.3. The smallest absolute Gasteiger partial charge is 0.316 e. The fourth-order valence-electron chi connectivity index (χ4n) is 1.96. The molecule has 0 fully saturated rings. The average molecular weight is 385 g/mol. The summed E-state index contributed by atoms with van der Waals surface area (Å²) in [5.41, 5.74) is 0.941. The molecule has 1 amide bonds. The van der Waals surface area contributed by atoms with Gasteiger partial charge in [-0.3, -0.25) is 9.59 Å². The summed E-state index contributed by atoms with van der Waals surface area (Å²) in [6.07, 6.45) is 0. The van der Waals surface area contributed by atoms with Crippen molar-refractivity contribution in [1.29, 1.82) is 0 Å². The average Bonchev–Trinajstić information content (AvgIpc) is 3.22. The molecule has 6 nitrogen and oxygen atoms in total. The van der Waals surface area contributed by atoms with Crippen LogP contribution >= 0.6 is 23.1 Å². The fraction of sp³-hybridized carbons (Fsp3) is 0.111. The minimum absolute atomic E-state index is 0.141. The van der Waals surface area contributed by atoms with Gasteiger partial charge in [0.05, 0.1) is 10.6 Å². The van der Waals surface area contributed by atoms with E-state index in [0.29, 0.717) is 15.7 Å². The molecule has 3 aromatic rings. The second-order valence-corrected chi connectivity index (χ2v) is 7.07. The summed E-state index contributed by atoms with van der Waals surface area (Å²) < 4.78 is 5.20. The van der Waals surface area contributed by atoms with Gasteiger partial charge in [-0.2, -0.15) is 0 Å². The van der Waals surface area contributed by atoms with Gasteiger partial charge in [-0.05, 0) is 29.1 Å². The topological polar surface area (TPSA) is 81.2 Å². The largest absolute Gasteiger partial charge is 0.460 e. The Hall–Kier alpha value is -2.71. The molecule has 2 aromatic heterocycles. The first-order valence-corrected chi connectivity index (χ1v) is 9.58. The van der Waals surface area contributed by atoms with Crippen LogP contribution in [-0.4, -0.2) is 27.8 Å². The predicted octanol–water partition coefficient (Wildman–Crippen LogP) is 3.63. The maximum absolute atomic E-state index is 11.9. The summed E-state index contributed by atoms with van der Waals surface area (Å²) in [5.74, 6) is -0.0445. The number of hydrogen-bond acceptors (Lipinski definition) is 7. The highest BCUT2D eigenvalue weighted by atomic mass is 32.2. The number of rotatable bonds is 7. The monoisotopic (exact) mass is 385 g/mol. The molecule has 8 heteroatoms. The van der Waals surface area contributed by atoms with E-state index in [0.717, 1.165) is 5.56 Å². The lowest BCUT2D eigenvalue weighted by Gasteiger charge is -2.05. The second-order valence-electron chi connectivity index (χ2n) is 5.12. The first-order valence-electron chi connectivity index (χ1n) is 7.71. The van der Waals surface area contributed by atoms with E-state index in [1.54, 1.807) is 18.2 Å². The molecule has 0 saturated carbocycles. The summed E-state index contributed by atoms with van der Waals surface area (Å²) in [5, 5.41) is 13.0. The Kier molecular flexibility index (Phi) is 6.34. The molecule has 1 aromatic carbocycles. The number of aromatic nitrogens is 2. The van der Waals surface area contributed by atoms with Crippen LogP contribution in [0.4, 0.5) is 5.82 Å². The molecule has 0 spiro atoms. The van der Waals surface area contributed by atoms with Crippen LogP contribution in [0.3, 0.4) is 0 Å². The predicted molar refractivity (Wildman–Crippen MR) is 101 cm³/mol. The molecule has 0 aliphatic heterocycles. The van der Waals surface area contributed by atoms with Gasteiger partial charge in [-0.15, -0.1) is 21.5 Å². The van der Waals surface area contributed by atoms with E-state index in [1.807, 2.05) is 41.8 Å². The quantitative estimate of drug-likeness (QED) is 0.494. The standard InChI is InChI=1S/C18H15N3O3S2/c22-17(24-11-13-5-2-1-3-6-13)12-26-16-9-8-15(20-21-16)19-18(23)14-7-4-10-25-14/h1-10H,11-12H2,(H,19,20,23). The molecule has 0 unspecified atom stereocenters. The molecule has 2 heterocycles. The minimum atomic E-state index is -0.323. The molecule has 132 valence electrons. The Morgan fingerprint density at radius 2 is 1.88 bits per heavy atom. The van der Waals surface area contributed by atoms with Gasteiger partial charge in [0, 0.05) is 0 Å². The van der Waals surface area contributed by atoms with Gasteiger partial charge in [0.1, 0.15) is 11.6 Å². The first kappa shape index (κ1) is 18.1. The van der Waals surface area contributed by atoms with Crippen LogP contribution in [-0.2, 0) is 16.1 Å². The Balaban J connectivity index is 1.44. The Labute approximate surface area is 158 Å². The number of nitrogens with one attached hydrogen (secondary N) is 1. The normalized spacial score (nSPS) is 10.3. The van der Waals surface area contributed by atoms with Crippen molar-refractivity contribution < 1.29 is 14.3 Å². The van der Waals surface area contributed by atoms with Crippen molar-refractivity contribution in [3.8, 4) is 0 Å². The van der Waals surface area contributed by atoms with E-state index >= 15 is 0 Å². The van der Waals surface area contributed by atoms with E-state index in [-0.39, 0.29) is 24.2 Å². The summed E-state index contributed by atoms with van der Waals surface area (Å²) in [7, 11) is 0. The number of amides is 1.